The number of nitrogens with zero attached hydrogens (tertiary/aromatic N) is 2. The number of nitro groups is 1. The number of non-ortho nitro benzene ring substituents is 1. The minimum Gasteiger partial charge on any atom is -0.299 e. The number of rotatable bonds is 7. The molecule has 1 aliphatic rings. The van der Waals surface area contributed by atoms with E-state index in [2.05, 4.69) is 21.8 Å². The first-order valence-electron chi connectivity index (χ1n) is 8.94. The van der Waals surface area contributed by atoms with Gasteiger partial charge in [0, 0.05) is 25.2 Å². The number of hydrogen-bond acceptors (Lipinski definition) is 5. The van der Waals surface area contributed by atoms with Crippen LogP contribution in [0.1, 0.15) is 18.4 Å². The third-order valence-corrected chi connectivity index (χ3v) is 6.28. The molecular weight excluding hydrogens is 366 g/mol. The molecule has 0 unspecified atom stereocenters. The van der Waals surface area contributed by atoms with Gasteiger partial charge in [0.05, 0.1) is 9.82 Å². The van der Waals surface area contributed by atoms with Crippen molar-refractivity contribution >= 4 is 15.7 Å². The summed E-state index contributed by atoms with van der Waals surface area (Å²) in [6.45, 7) is 3.12. The summed E-state index contributed by atoms with van der Waals surface area (Å²) in [5, 5.41) is 10.8. The molecule has 0 aromatic heterocycles. The number of nitro benzene ring substituents is 1. The fourth-order valence-corrected chi connectivity index (χ4v) is 4.42. The van der Waals surface area contributed by atoms with Crippen LogP contribution in [0.5, 0.6) is 0 Å². The van der Waals surface area contributed by atoms with E-state index >= 15 is 0 Å². The smallest absolute Gasteiger partial charge is 0.270 e. The van der Waals surface area contributed by atoms with Crippen molar-refractivity contribution < 1.29 is 13.3 Å². The lowest BCUT2D eigenvalue weighted by Gasteiger charge is -2.32. The van der Waals surface area contributed by atoms with Crippen molar-refractivity contribution in [3.05, 3.63) is 70.3 Å². The van der Waals surface area contributed by atoms with Crippen LogP contribution in [0.25, 0.3) is 0 Å². The second-order valence-corrected chi connectivity index (χ2v) is 8.58. The van der Waals surface area contributed by atoms with E-state index in [0.29, 0.717) is 6.54 Å². The summed E-state index contributed by atoms with van der Waals surface area (Å²) in [5.41, 5.74) is 1.05. The second-order valence-electron chi connectivity index (χ2n) is 6.81. The second kappa shape index (κ2) is 8.60. The van der Waals surface area contributed by atoms with E-state index in [1.54, 1.807) is 0 Å². The van der Waals surface area contributed by atoms with Crippen LogP contribution in [0.4, 0.5) is 5.69 Å². The first-order valence-corrected chi connectivity index (χ1v) is 10.4. The molecule has 1 N–H and O–H groups in total. The maximum atomic E-state index is 12.4. The minimum atomic E-state index is -3.75. The summed E-state index contributed by atoms with van der Waals surface area (Å²) >= 11 is 0. The molecule has 1 saturated heterocycles. The first-order chi connectivity index (χ1) is 12.9. The molecule has 2 aromatic rings. The number of benzene rings is 2. The van der Waals surface area contributed by atoms with Gasteiger partial charge in [-0.05, 0) is 43.5 Å². The Balaban J connectivity index is 1.50. The van der Waals surface area contributed by atoms with Gasteiger partial charge in [-0.2, -0.15) is 0 Å². The molecule has 27 heavy (non-hydrogen) atoms. The topological polar surface area (TPSA) is 92.5 Å². The summed E-state index contributed by atoms with van der Waals surface area (Å²) in [6.07, 6.45) is 1.84. The van der Waals surface area contributed by atoms with Crippen molar-refractivity contribution in [3.63, 3.8) is 0 Å². The maximum absolute atomic E-state index is 12.4. The zero-order valence-electron chi connectivity index (χ0n) is 15.0. The molecule has 0 atom stereocenters. The lowest BCUT2D eigenvalue weighted by molar-refractivity contribution is -0.385. The van der Waals surface area contributed by atoms with Crippen LogP contribution in [-0.4, -0.2) is 37.9 Å². The van der Waals surface area contributed by atoms with E-state index in [9.17, 15) is 18.5 Å². The lowest BCUT2D eigenvalue weighted by atomic mass is 9.97. The number of hydrogen-bond donors (Lipinski definition) is 1. The number of likely N-dealkylation sites (tertiary alicyclic amines) is 1. The molecule has 0 spiro atoms. The van der Waals surface area contributed by atoms with Gasteiger partial charge in [-0.3, -0.25) is 15.0 Å². The van der Waals surface area contributed by atoms with Gasteiger partial charge >= 0.3 is 0 Å². The molecule has 8 heteroatoms. The molecule has 1 fully saturated rings. The highest BCUT2D eigenvalue weighted by Crippen LogP contribution is 2.20. The quantitative estimate of drug-likeness (QED) is 0.581. The average Bonchev–Trinajstić information content (AvgIpc) is 2.68. The molecule has 0 aliphatic carbocycles. The molecule has 0 radical (unpaired) electrons. The standard InChI is InChI=1S/C19H23N3O4S/c23-22(24)18-7-4-8-19(13-18)27(25,26)20-14-16-9-11-21(12-10-16)15-17-5-2-1-3-6-17/h1-8,13,16,20H,9-12,14-15H2. The maximum Gasteiger partial charge on any atom is 0.270 e. The Kier molecular flexibility index (Phi) is 6.20. The van der Waals surface area contributed by atoms with Gasteiger partial charge in [0.25, 0.3) is 5.69 Å². The lowest BCUT2D eigenvalue weighted by Crippen LogP contribution is -2.38. The van der Waals surface area contributed by atoms with Crippen molar-refractivity contribution in [1.29, 1.82) is 0 Å². The van der Waals surface area contributed by atoms with Crippen LogP contribution < -0.4 is 4.72 Å². The van der Waals surface area contributed by atoms with Crippen LogP contribution >= 0.6 is 0 Å². The van der Waals surface area contributed by atoms with Crippen LogP contribution in [-0.2, 0) is 16.6 Å². The van der Waals surface area contributed by atoms with Crippen LogP contribution in [0.2, 0.25) is 0 Å². The van der Waals surface area contributed by atoms with Gasteiger partial charge in [-0.1, -0.05) is 36.4 Å². The Bertz CT molecular complexity index is 879. The Hall–Kier alpha value is -2.29. The van der Waals surface area contributed by atoms with Crippen LogP contribution in [0.3, 0.4) is 0 Å². The summed E-state index contributed by atoms with van der Waals surface area (Å²) in [5.74, 6) is 0.269. The Labute approximate surface area is 159 Å². The van der Waals surface area contributed by atoms with E-state index in [1.807, 2.05) is 18.2 Å². The highest BCUT2D eigenvalue weighted by molar-refractivity contribution is 7.89. The molecule has 0 bridgehead atoms. The Morgan fingerprint density at radius 2 is 1.78 bits per heavy atom. The monoisotopic (exact) mass is 389 g/mol. The zero-order valence-corrected chi connectivity index (χ0v) is 15.8. The SMILES string of the molecule is O=[N+]([O-])c1cccc(S(=O)(=O)NCC2CCN(Cc3ccccc3)CC2)c1. The Morgan fingerprint density at radius 3 is 2.44 bits per heavy atom. The predicted molar refractivity (Wildman–Crippen MR) is 103 cm³/mol. The van der Waals surface area contributed by atoms with Gasteiger partial charge in [-0.25, -0.2) is 13.1 Å². The van der Waals surface area contributed by atoms with E-state index in [-0.39, 0.29) is 16.5 Å². The van der Waals surface area contributed by atoms with Crippen molar-refractivity contribution in [2.75, 3.05) is 19.6 Å². The first kappa shape index (κ1) is 19.5. The van der Waals surface area contributed by atoms with Crippen LogP contribution in [0.15, 0.2) is 59.5 Å². The molecule has 3 rings (SSSR count). The van der Waals surface area contributed by atoms with E-state index in [1.165, 1.54) is 23.8 Å². The van der Waals surface area contributed by atoms with Crippen molar-refractivity contribution in [3.8, 4) is 0 Å². The van der Waals surface area contributed by atoms with Gasteiger partial charge < -0.3 is 0 Å². The van der Waals surface area contributed by atoms with Crippen molar-refractivity contribution in [2.45, 2.75) is 24.3 Å². The summed E-state index contributed by atoms with van der Waals surface area (Å²) in [6, 6.07) is 15.4. The number of sulfonamides is 1. The molecule has 0 amide bonds. The van der Waals surface area contributed by atoms with Gasteiger partial charge in [0.15, 0.2) is 0 Å². The Morgan fingerprint density at radius 1 is 1.07 bits per heavy atom. The predicted octanol–water partition coefficient (Wildman–Crippen LogP) is 2.79. The van der Waals surface area contributed by atoms with Crippen molar-refractivity contribution in [2.24, 2.45) is 5.92 Å². The highest BCUT2D eigenvalue weighted by atomic mass is 32.2. The molecule has 0 saturated carbocycles. The number of piperidine rings is 1. The largest absolute Gasteiger partial charge is 0.299 e. The molecule has 7 nitrogen and oxygen atoms in total. The molecule has 1 aliphatic heterocycles. The van der Waals surface area contributed by atoms with E-state index in [0.717, 1.165) is 38.5 Å². The summed E-state index contributed by atoms with van der Waals surface area (Å²) < 4.78 is 27.4. The third-order valence-electron chi connectivity index (χ3n) is 4.86. The van der Waals surface area contributed by atoms with E-state index < -0.39 is 14.9 Å². The zero-order chi connectivity index (χ0) is 19.3. The molecule has 1 heterocycles. The summed E-state index contributed by atoms with van der Waals surface area (Å²) in [7, 11) is -3.75. The number of nitrogens with one attached hydrogen (secondary N) is 1. The molecule has 144 valence electrons. The van der Waals surface area contributed by atoms with Gasteiger partial charge in [-0.15, -0.1) is 0 Å². The normalized spacial score (nSPS) is 16.3. The summed E-state index contributed by atoms with van der Waals surface area (Å²) in [4.78, 5) is 12.5. The van der Waals surface area contributed by atoms with Crippen LogP contribution in [0, 0.1) is 16.0 Å². The van der Waals surface area contributed by atoms with Crippen molar-refractivity contribution in [1.82, 2.24) is 9.62 Å². The van der Waals surface area contributed by atoms with Gasteiger partial charge in [0.1, 0.15) is 0 Å². The van der Waals surface area contributed by atoms with E-state index in [4.69, 9.17) is 0 Å². The third kappa shape index (κ3) is 5.35. The molecular formula is C19H23N3O4S. The highest BCUT2D eigenvalue weighted by Gasteiger charge is 2.23. The van der Waals surface area contributed by atoms with Gasteiger partial charge in [0.2, 0.25) is 10.0 Å². The fourth-order valence-electron chi connectivity index (χ4n) is 3.27. The minimum absolute atomic E-state index is 0.0711. The average molecular weight is 389 g/mol. The molecule has 2 aromatic carbocycles. The fraction of sp³-hybridized carbons (Fsp3) is 0.368.